The number of amides is 1. The molecule has 0 aliphatic carbocycles. The van der Waals surface area contributed by atoms with Gasteiger partial charge in [0.15, 0.2) is 5.69 Å². The van der Waals surface area contributed by atoms with E-state index in [0.29, 0.717) is 18.3 Å². The summed E-state index contributed by atoms with van der Waals surface area (Å²) < 4.78 is 7.27. The SMILES string of the molecule is COc1cc(C)ccc1CNC(=O)c1nnn(C2CCNCC2)c1C. The van der Waals surface area contributed by atoms with Gasteiger partial charge in [0.2, 0.25) is 0 Å². The van der Waals surface area contributed by atoms with Crippen LogP contribution in [0.25, 0.3) is 0 Å². The molecule has 0 atom stereocenters. The van der Waals surface area contributed by atoms with Crippen molar-refractivity contribution in [2.24, 2.45) is 0 Å². The average molecular weight is 343 g/mol. The van der Waals surface area contributed by atoms with Crippen molar-refractivity contribution in [3.63, 3.8) is 0 Å². The molecule has 2 aromatic rings. The van der Waals surface area contributed by atoms with Crippen LogP contribution >= 0.6 is 0 Å². The van der Waals surface area contributed by atoms with Crippen molar-refractivity contribution in [3.05, 3.63) is 40.7 Å². The largest absolute Gasteiger partial charge is 0.496 e. The van der Waals surface area contributed by atoms with Crippen LogP contribution in [0.3, 0.4) is 0 Å². The molecule has 1 aromatic carbocycles. The molecule has 3 rings (SSSR count). The summed E-state index contributed by atoms with van der Waals surface area (Å²) >= 11 is 0. The van der Waals surface area contributed by atoms with Crippen LogP contribution in [-0.4, -0.2) is 41.1 Å². The topological polar surface area (TPSA) is 81.1 Å². The van der Waals surface area contributed by atoms with Crippen molar-refractivity contribution >= 4 is 5.91 Å². The summed E-state index contributed by atoms with van der Waals surface area (Å²) in [5.74, 6) is 0.565. The summed E-state index contributed by atoms with van der Waals surface area (Å²) in [5.41, 5.74) is 3.27. The van der Waals surface area contributed by atoms with Gasteiger partial charge >= 0.3 is 0 Å². The minimum Gasteiger partial charge on any atom is -0.496 e. The first-order valence-electron chi connectivity index (χ1n) is 8.64. The Morgan fingerprint density at radius 3 is 2.84 bits per heavy atom. The van der Waals surface area contributed by atoms with Crippen molar-refractivity contribution in [1.82, 2.24) is 25.6 Å². The van der Waals surface area contributed by atoms with Gasteiger partial charge in [-0.1, -0.05) is 17.3 Å². The van der Waals surface area contributed by atoms with Gasteiger partial charge in [0.1, 0.15) is 5.75 Å². The lowest BCUT2D eigenvalue weighted by Crippen LogP contribution is -2.30. The number of benzene rings is 1. The predicted octanol–water partition coefficient (Wildman–Crippen LogP) is 1.76. The van der Waals surface area contributed by atoms with Crippen LogP contribution in [0.5, 0.6) is 5.75 Å². The highest BCUT2D eigenvalue weighted by atomic mass is 16.5. The lowest BCUT2D eigenvalue weighted by Gasteiger charge is -2.23. The number of carbonyl (C=O) groups excluding carboxylic acids is 1. The summed E-state index contributed by atoms with van der Waals surface area (Å²) in [5, 5.41) is 14.6. The number of carbonyl (C=O) groups is 1. The minimum absolute atomic E-state index is 0.208. The maximum Gasteiger partial charge on any atom is 0.274 e. The van der Waals surface area contributed by atoms with Gasteiger partial charge in [0, 0.05) is 12.1 Å². The van der Waals surface area contributed by atoms with Crippen LogP contribution in [0.1, 0.15) is 46.2 Å². The third-order valence-corrected chi connectivity index (χ3v) is 4.68. The number of aryl methyl sites for hydroxylation is 1. The highest BCUT2D eigenvalue weighted by molar-refractivity contribution is 5.93. The molecule has 0 saturated carbocycles. The number of piperidine rings is 1. The molecule has 1 aliphatic heterocycles. The Bertz CT molecular complexity index is 750. The molecule has 0 bridgehead atoms. The zero-order valence-corrected chi connectivity index (χ0v) is 15.0. The number of nitrogens with zero attached hydrogens (tertiary/aromatic N) is 3. The maximum atomic E-state index is 12.5. The van der Waals surface area contributed by atoms with E-state index in [1.165, 1.54) is 0 Å². The minimum atomic E-state index is -0.208. The van der Waals surface area contributed by atoms with Crippen molar-refractivity contribution < 1.29 is 9.53 Å². The van der Waals surface area contributed by atoms with E-state index in [1.807, 2.05) is 36.7 Å². The second-order valence-electron chi connectivity index (χ2n) is 6.45. The first kappa shape index (κ1) is 17.4. The zero-order valence-electron chi connectivity index (χ0n) is 15.0. The first-order valence-corrected chi connectivity index (χ1v) is 8.64. The molecule has 1 amide bonds. The monoisotopic (exact) mass is 343 g/mol. The van der Waals surface area contributed by atoms with E-state index in [-0.39, 0.29) is 5.91 Å². The van der Waals surface area contributed by atoms with Crippen LogP contribution in [0, 0.1) is 13.8 Å². The zero-order chi connectivity index (χ0) is 17.8. The molecule has 1 saturated heterocycles. The first-order chi connectivity index (χ1) is 12.1. The summed E-state index contributed by atoms with van der Waals surface area (Å²) in [4.78, 5) is 12.5. The molecular formula is C18H25N5O2. The quantitative estimate of drug-likeness (QED) is 0.865. The standard InChI is InChI=1S/C18H25N5O2/c1-12-4-5-14(16(10-12)25-3)11-20-18(24)17-13(2)23(22-21-17)15-6-8-19-9-7-15/h4-5,10,15,19H,6-9,11H2,1-3H3,(H,20,24). The summed E-state index contributed by atoms with van der Waals surface area (Å²) in [6.07, 6.45) is 2.01. The normalized spacial score (nSPS) is 15.2. The summed E-state index contributed by atoms with van der Waals surface area (Å²) in [7, 11) is 1.63. The van der Waals surface area contributed by atoms with Gasteiger partial charge in [0.25, 0.3) is 5.91 Å². The number of nitrogens with one attached hydrogen (secondary N) is 2. The third kappa shape index (κ3) is 3.82. The van der Waals surface area contributed by atoms with Gasteiger partial charge in [-0.05, 0) is 51.4 Å². The molecule has 1 aromatic heterocycles. The van der Waals surface area contributed by atoms with Gasteiger partial charge in [-0.15, -0.1) is 5.10 Å². The van der Waals surface area contributed by atoms with Gasteiger partial charge in [0.05, 0.1) is 18.8 Å². The Morgan fingerprint density at radius 2 is 2.12 bits per heavy atom. The van der Waals surface area contributed by atoms with Gasteiger partial charge in [-0.25, -0.2) is 4.68 Å². The smallest absolute Gasteiger partial charge is 0.274 e. The molecule has 25 heavy (non-hydrogen) atoms. The van der Waals surface area contributed by atoms with Crippen LogP contribution < -0.4 is 15.4 Å². The maximum absolute atomic E-state index is 12.5. The number of ether oxygens (including phenoxy) is 1. The molecule has 0 radical (unpaired) electrons. The Labute approximate surface area is 147 Å². The molecule has 0 spiro atoms. The van der Waals surface area contributed by atoms with E-state index >= 15 is 0 Å². The average Bonchev–Trinajstić information content (AvgIpc) is 3.02. The van der Waals surface area contributed by atoms with Gasteiger partial charge < -0.3 is 15.4 Å². The number of aromatic nitrogens is 3. The molecular weight excluding hydrogens is 318 g/mol. The van der Waals surface area contributed by atoms with E-state index < -0.39 is 0 Å². The lowest BCUT2D eigenvalue weighted by atomic mass is 10.1. The van der Waals surface area contributed by atoms with Crippen molar-refractivity contribution in [3.8, 4) is 5.75 Å². The highest BCUT2D eigenvalue weighted by Crippen LogP contribution is 2.21. The molecule has 7 nitrogen and oxygen atoms in total. The van der Waals surface area contributed by atoms with E-state index in [2.05, 4.69) is 20.9 Å². The third-order valence-electron chi connectivity index (χ3n) is 4.68. The molecule has 2 N–H and O–H groups in total. The van der Waals surface area contributed by atoms with Crippen molar-refractivity contribution in [2.45, 2.75) is 39.3 Å². The van der Waals surface area contributed by atoms with Crippen LogP contribution in [0.4, 0.5) is 0 Å². The molecule has 134 valence electrons. The van der Waals surface area contributed by atoms with E-state index in [1.54, 1.807) is 7.11 Å². The number of hydrogen-bond acceptors (Lipinski definition) is 5. The number of hydrogen-bond donors (Lipinski definition) is 2. The fourth-order valence-corrected chi connectivity index (χ4v) is 3.21. The summed E-state index contributed by atoms with van der Waals surface area (Å²) in [6.45, 7) is 6.25. The second kappa shape index (κ2) is 7.65. The number of methoxy groups -OCH3 is 1. The van der Waals surface area contributed by atoms with Crippen LogP contribution in [0.15, 0.2) is 18.2 Å². The highest BCUT2D eigenvalue weighted by Gasteiger charge is 2.22. The Morgan fingerprint density at radius 1 is 1.36 bits per heavy atom. The van der Waals surface area contributed by atoms with Crippen molar-refractivity contribution in [1.29, 1.82) is 0 Å². The van der Waals surface area contributed by atoms with E-state index in [0.717, 1.165) is 48.5 Å². The summed E-state index contributed by atoms with van der Waals surface area (Å²) in [6, 6.07) is 6.24. The second-order valence-corrected chi connectivity index (χ2v) is 6.45. The van der Waals surface area contributed by atoms with Crippen molar-refractivity contribution in [2.75, 3.05) is 20.2 Å². The Balaban J connectivity index is 1.69. The van der Waals surface area contributed by atoms with E-state index in [9.17, 15) is 4.79 Å². The molecule has 1 fully saturated rings. The molecule has 2 heterocycles. The predicted molar refractivity (Wildman–Crippen MR) is 94.8 cm³/mol. The van der Waals surface area contributed by atoms with Gasteiger partial charge in [-0.2, -0.15) is 0 Å². The lowest BCUT2D eigenvalue weighted by molar-refractivity contribution is 0.0945. The Hall–Kier alpha value is -2.41. The van der Waals surface area contributed by atoms with E-state index in [4.69, 9.17) is 4.74 Å². The fourth-order valence-electron chi connectivity index (χ4n) is 3.21. The van der Waals surface area contributed by atoms with Crippen LogP contribution in [0.2, 0.25) is 0 Å². The molecule has 7 heteroatoms. The fraction of sp³-hybridized carbons (Fsp3) is 0.500. The molecule has 0 unspecified atom stereocenters. The van der Waals surface area contributed by atoms with Gasteiger partial charge in [-0.3, -0.25) is 4.79 Å². The number of rotatable bonds is 5. The Kier molecular flexibility index (Phi) is 5.33. The molecule has 1 aliphatic rings. The van der Waals surface area contributed by atoms with Crippen LogP contribution in [-0.2, 0) is 6.54 Å².